The second-order valence-corrected chi connectivity index (χ2v) is 8.36. The van der Waals surface area contributed by atoms with E-state index < -0.39 is 0 Å². The molecule has 1 fully saturated rings. The van der Waals surface area contributed by atoms with E-state index in [-0.39, 0.29) is 5.56 Å². The lowest BCUT2D eigenvalue weighted by atomic mass is 10.2. The molecule has 3 aromatic rings. The molecule has 0 saturated heterocycles. The molecule has 2 atom stereocenters. The SMILES string of the molecule is COc1ccc([C@H]2C[C@@H]2COc2cc(N(C)c3ncc(C)s3)c(=O)n(C)n2)nc1. The molecule has 4 rings (SSSR count). The van der Waals surface area contributed by atoms with Crippen molar-refractivity contribution in [2.45, 2.75) is 19.3 Å². The summed E-state index contributed by atoms with van der Waals surface area (Å²) >= 11 is 1.53. The molecule has 3 heterocycles. The Labute approximate surface area is 172 Å². The molecule has 152 valence electrons. The van der Waals surface area contributed by atoms with Gasteiger partial charge in [0, 0.05) is 48.8 Å². The van der Waals surface area contributed by atoms with Crippen LogP contribution in [0.4, 0.5) is 10.8 Å². The predicted molar refractivity (Wildman–Crippen MR) is 112 cm³/mol. The third-order valence-corrected chi connectivity index (χ3v) is 6.01. The van der Waals surface area contributed by atoms with Gasteiger partial charge in [0.25, 0.3) is 5.56 Å². The fourth-order valence-electron chi connectivity index (χ4n) is 3.20. The van der Waals surface area contributed by atoms with Gasteiger partial charge in [0.15, 0.2) is 5.13 Å². The van der Waals surface area contributed by atoms with Crippen molar-refractivity contribution in [1.29, 1.82) is 0 Å². The molecule has 1 aliphatic rings. The number of thiazole rings is 1. The van der Waals surface area contributed by atoms with Crippen molar-refractivity contribution < 1.29 is 9.47 Å². The van der Waals surface area contributed by atoms with Crippen molar-refractivity contribution in [2.24, 2.45) is 13.0 Å². The van der Waals surface area contributed by atoms with Gasteiger partial charge in [0.1, 0.15) is 11.4 Å². The van der Waals surface area contributed by atoms with Crippen LogP contribution in [0.15, 0.2) is 35.4 Å². The van der Waals surface area contributed by atoms with Crippen LogP contribution in [-0.2, 0) is 7.05 Å². The van der Waals surface area contributed by atoms with E-state index in [1.807, 2.05) is 26.1 Å². The van der Waals surface area contributed by atoms with Gasteiger partial charge < -0.3 is 14.4 Å². The summed E-state index contributed by atoms with van der Waals surface area (Å²) in [5.41, 5.74) is 1.34. The summed E-state index contributed by atoms with van der Waals surface area (Å²) in [5.74, 6) is 1.95. The number of aromatic nitrogens is 4. The molecule has 0 radical (unpaired) electrons. The molecule has 0 bridgehead atoms. The number of aryl methyl sites for hydroxylation is 2. The van der Waals surface area contributed by atoms with Gasteiger partial charge in [0.2, 0.25) is 5.88 Å². The first kappa shape index (κ1) is 19.4. The zero-order valence-electron chi connectivity index (χ0n) is 16.8. The topological polar surface area (TPSA) is 82.4 Å². The quantitative estimate of drug-likeness (QED) is 0.589. The Hall–Kier alpha value is -2.94. The number of pyridine rings is 1. The Kier molecular flexibility index (Phi) is 5.23. The van der Waals surface area contributed by atoms with E-state index in [9.17, 15) is 4.79 Å². The number of ether oxygens (including phenoxy) is 2. The molecule has 29 heavy (non-hydrogen) atoms. The Morgan fingerprint density at radius 1 is 1.31 bits per heavy atom. The fraction of sp³-hybridized carbons (Fsp3) is 0.400. The Morgan fingerprint density at radius 2 is 2.14 bits per heavy atom. The number of hydrogen-bond donors (Lipinski definition) is 0. The summed E-state index contributed by atoms with van der Waals surface area (Å²) in [7, 11) is 5.08. The minimum Gasteiger partial charge on any atom is -0.495 e. The zero-order valence-corrected chi connectivity index (χ0v) is 17.6. The maximum Gasteiger partial charge on any atom is 0.290 e. The largest absolute Gasteiger partial charge is 0.495 e. The van der Waals surface area contributed by atoms with Gasteiger partial charge in [0.05, 0.1) is 19.9 Å². The summed E-state index contributed by atoms with van der Waals surface area (Å²) in [6.07, 6.45) is 4.55. The molecule has 0 N–H and O–H groups in total. The molecule has 1 aliphatic carbocycles. The van der Waals surface area contributed by atoms with Gasteiger partial charge in [-0.25, -0.2) is 9.67 Å². The minimum atomic E-state index is -0.195. The standard InChI is InChI=1S/C20H23N5O3S/c1-12-9-22-20(29-12)24(2)17-8-18(23-25(3)19(17)26)28-11-13-7-15(13)16-6-5-14(27-4)10-21-16/h5-6,8-10,13,15H,7,11H2,1-4H3/t13-,15+/m1/s1. The van der Waals surface area contributed by atoms with Crippen LogP contribution in [0, 0.1) is 12.8 Å². The molecule has 1 saturated carbocycles. The van der Waals surface area contributed by atoms with Crippen LogP contribution in [-0.4, -0.2) is 40.5 Å². The predicted octanol–water partition coefficient (Wildman–Crippen LogP) is 2.90. The number of nitrogens with zero attached hydrogens (tertiary/aromatic N) is 5. The molecule has 3 aromatic heterocycles. The van der Waals surface area contributed by atoms with E-state index in [1.165, 1.54) is 16.0 Å². The van der Waals surface area contributed by atoms with Crippen molar-refractivity contribution >= 4 is 22.2 Å². The van der Waals surface area contributed by atoms with Gasteiger partial charge in [-0.3, -0.25) is 9.78 Å². The summed E-state index contributed by atoms with van der Waals surface area (Å²) < 4.78 is 12.4. The van der Waals surface area contributed by atoms with E-state index in [0.717, 1.165) is 27.9 Å². The lowest BCUT2D eigenvalue weighted by Gasteiger charge is -2.16. The minimum absolute atomic E-state index is 0.195. The average molecular weight is 414 g/mol. The number of rotatable bonds is 7. The number of anilines is 2. The maximum absolute atomic E-state index is 12.5. The van der Waals surface area contributed by atoms with Crippen LogP contribution in [0.5, 0.6) is 11.6 Å². The van der Waals surface area contributed by atoms with E-state index in [4.69, 9.17) is 9.47 Å². The maximum atomic E-state index is 12.5. The van der Waals surface area contributed by atoms with Crippen LogP contribution in [0.25, 0.3) is 0 Å². The highest BCUT2D eigenvalue weighted by Crippen LogP contribution is 2.46. The second kappa shape index (κ2) is 7.82. The molecule has 0 aromatic carbocycles. The van der Waals surface area contributed by atoms with Gasteiger partial charge in [-0.05, 0) is 25.5 Å². The highest BCUT2D eigenvalue weighted by Gasteiger charge is 2.40. The van der Waals surface area contributed by atoms with E-state index >= 15 is 0 Å². The summed E-state index contributed by atoms with van der Waals surface area (Å²) in [4.78, 5) is 24.2. The first-order valence-corrected chi connectivity index (χ1v) is 10.1. The molecular weight excluding hydrogens is 390 g/mol. The third kappa shape index (κ3) is 4.09. The smallest absolute Gasteiger partial charge is 0.290 e. The van der Waals surface area contributed by atoms with Crippen LogP contribution in [0.2, 0.25) is 0 Å². The molecule has 0 aliphatic heterocycles. The van der Waals surface area contributed by atoms with Crippen LogP contribution in [0.3, 0.4) is 0 Å². The first-order chi connectivity index (χ1) is 14.0. The molecule has 0 unspecified atom stereocenters. The van der Waals surface area contributed by atoms with Gasteiger partial charge in [-0.1, -0.05) is 0 Å². The first-order valence-electron chi connectivity index (χ1n) is 9.33. The van der Waals surface area contributed by atoms with E-state index in [1.54, 1.807) is 37.5 Å². The highest BCUT2D eigenvalue weighted by atomic mass is 32.1. The average Bonchev–Trinajstić information content (AvgIpc) is 3.38. The lowest BCUT2D eigenvalue weighted by molar-refractivity contribution is 0.278. The Balaban J connectivity index is 1.44. The summed E-state index contributed by atoms with van der Waals surface area (Å²) in [6.45, 7) is 2.51. The van der Waals surface area contributed by atoms with Crippen molar-refractivity contribution in [3.63, 3.8) is 0 Å². The molecule has 9 heteroatoms. The third-order valence-electron chi connectivity index (χ3n) is 5.02. The van der Waals surface area contributed by atoms with Gasteiger partial charge >= 0.3 is 0 Å². The molecule has 8 nitrogen and oxygen atoms in total. The monoisotopic (exact) mass is 413 g/mol. The fourth-order valence-corrected chi connectivity index (χ4v) is 3.93. The molecular formula is C20H23N5O3S. The Morgan fingerprint density at radius 3 is 2.79 bits per heavy atom. The van der Waals surface area contributed by atoms with Crippen LogP contribution < -0.4 is 19.9 Å². The van der Waals surface area contributed by atoms with Crippen molar-refractivity contribution in [3.05, 3.63) is 51.5 Å². The zero-order chi connectivity index (χ0) is 20.5. The Bertz CT molecular complexity index is 1060. The van der Waals surface area contributed by atoms with Crippen LogP contribution in [0.1, 0.15) is 22.9 Å². The normalized spacial score (nSPS) is 17.8. The van der Waals surface area contributed by atoms with Crippen molar-refractivity contribution in [2.75, 3.05) is 25.7 Å². The van der Waals surface area contributed by atoms with Gasteiger partial charge in [-0.15, -0.1) is 16.4 Å². The molecule has 0 amide bonds. The van der Waals surface area contributed by atoms with Crippen molar-refractivity contribution in [3.8, 4) is 11.6 Å². The van der Waals surface area contributed by atoms with E-state index in [2.05, 4.69) is 15.1 Å². The molecule has 0 spiro atoms. The highest BCUT2D eigenvalue weighted by molar-refractivity contribution is 7.15. The van der Waals surface area contributed by atoms with Gasteiger partial charge in [-0.2, -0.15) is 0 Å². The lowest BCUT2D eigenvalue weighted by Crippen LogP contribution is -2.27. The second-order valence-electron chi connectivity index (χ2n) is 7.15. The van der Waals surface area contributed by atoms with Crippen LogP contribution >= 0.6 is 11.3 Å². The number of hydrogen-bond acceptors (Lipinski definition) is 8. The summed E-state index contributed by atoms with van der Waals surface area (Å²) in [6, 6.07) is 5.61. The van der Waals surface area contributed by atoms with Crippen molar-refractivity contribution in [1.82, 2.24) is 19.7 Å². The summed E-state index contributed by atoms with van der Waals surface area (Å²) in [5, 5.41) is 5.00. The number of methoxy groups -OCH3 is 1. The van der Waals surface area contributed by atoms with E-state index in [0.29, 0.717) is 30.0 Å².